The Morgan fingerprint density at radius 3 is 2.40 bits per heavy atom. The molecule has 7 nitrogen and oxygen atoms in total. The molecular formula is C22H36IN5O2. The summed E-state index contributed by atoms with van der Waals surface area (Å²) < 4.78 is 5.39. The van der Waals surface area contributed by atoms with Crippen molar-refractivity contribution >= 4 is 35.8 Å². The van der Waals surface area contributed by atoms with E-state index < -0.39 is 0 Å². The molecular weight excluding hydrogens is 493 g/mol. The van der Waals surface area contributed by atoms with Crippen LogP contribution in [0.25, 0.3) is 0 Å². The van der Waals surface area contributed by atoms with Gasteiger partial charge in [0.1, 0.15) is 0 Å². The minimum absolute atomic E-state index is 0. The van der Waals surface area contributed by atoms with Gasteiger partial charge in [0.2, 0.25) is 0 Å². The number of piperidine rings is 1. The zero-order valence-corrected chi connectivity index (χ0v) is 20.4. The second kappa shape index (κ2) is 13.8. The summed E-state index contributed by atoms with van der Waals surface area (Å²) in [6.45, 7) is 10.7. The minimum atomic E-state index is 0. The molecule has 0 aliphatic carbocycles. The number of aliphatic imine (C=N–C) groups is 1. The van der Waals surface area contributed by atoms with E-state index in [4.69, 9.17) is 4.74 Å². The minimum Gasteiger partial charge on any atom is -0.379 e. The molecule has 2 N–H and O–H groups in total. The molecule has 30 heavy (non-hydrogen) atoms. The Balaban J connectivity index is 0.00000320. The summed E-state index contributed by atoms with van der Waals surface area (Å²) in [5.41, 5.74) is 1.88. The number of halogens is 1. The highest BCUT2D eigenvalue weighted by Crippen LogP contribution is 2.14. The monoisotopic (exact) mass is 529 g/mol. The van der Waals surface area contributed by atoms with E-state index in [9.17, 15) is 4.79 Å². The third-order valence-corrected chi connectivity index (χ3v) is 5.43. The smallest absolute Gasteiger partial charge is 0.253 e. The number of carbonyl (C=O) groups excluding carboxylic acids is 1. The molecule has 2 aliphatic rings. The first-order valence-electron chi connectivity index (χ1n) is 11.0. The van der Waals surface area contributed by atoms with Crippen molar-refractivity contribution in [2.75, 3.05) is 59.0 Å². The lowest BCUT2D eigenvalue weighted by Crippen LogP contribution is -2.44. The molecule has 0 spiro atoms. The number of likely N-dealkylation sites (tertiary alicyclic amines) is 1. The van der Waals surface area contributed by atoms with E-state index in [0.29, 0.717) is 6.54 Å². The maximum absolute atomic E-state index is 12.6. The second-order valence-electron chi connectivity index (χ2n) is 7.63. The standard InChI is InChI=1S/C22H35N5O2.HI/c1-2-23-22(24-10-13-26-14-16-29-17-15-26)25-18-19-6-8-20(9-7-19)21(28)27-11-4-3-5-12-27;/h6-9H,2-5,10-18H2,1H3,(H2,23,24,25);1H. The van der Waals surface area contributed by atoms with Crippen molar-refractivity contribution < 1.29 is 9.53 Å². The maximum Gasteiger partial charge on any atom is 0.253 e. The van der Waals surface area contributed by atoms with E-state index in [0.717, 1.165) is 89.0 Å². The van der Waals surface area contributed by atoms with Crippen LogP contribution >= 0.6 is 24.0 Å². The van der Waals surface area contributed by atoms with E-state index >= 15 is 0 Å². The molecule has 2 saturated heterocycles. The van der Waals surface area contributed by atoms with Crippen LogP contribution in [0, 0.1) is 0 Å². The fourth-order valence-electron chi connectivity index (χ4n) is 3.70. The Kier molecular flexibility index (Phi) is 11.5. The van der Waals surface area contributed by atoms with Crippen LogP contribution in [0.4, 0.5) is 0 Å². The summed E-state index contributed by atoms with van der Waals surface area (Å²) in [7, 11) is 0. The number of rotatable bonds is 7. The summed E-state index contributed by atoms with van der Waals surface area (Å²) in [6.07, 6.45) is 3.46. The summed E-state index contributed by atoms with van der Waals surface area (Å²) in [6, 6.07) is 7.89. The molecule has 1 aromatic rings. The summed E-state index contributed by atoms with van der Waals surface area (Å²) in [4.78, 5) is 21.6. The predicted octanol–water partition coefficient (Wildman–Crippen LogP) is 2.32. The average molecular weight is 529 g/mol. The van der Waals surface area contributed by atoms with Gasteiger partial charge in [0.05, 0.1) is 19.8 Å². The molecule has 0 aromatic heterocycles. The first-order valence-corrected chi connectivity index (χ1v) is 11.0. The number of carbonyl (C=O) groups is 1. The number of hydrogen-bond acceptors (Lipinski definition) is 4. The van der Waals surface area contributed by atoms with Gasteiger partial charge < -0.3 is 20.3 Å². The number of guanidine groups is 1. The third-order valence-electron chi connectivity index (χ3n) is 5.43. The van der Waals surface area contributed by atoms with Gasteiger partial charge in [-0.3, -0.25) is 9.69 Å². The van der Waals surface area contributed by atoms with Crippen LogP contribution in [-0.4, -0.2) is 80.7 Å². The number of nitrogens with zero attached hydrogens (tertiary/aromatic N) is 3. The van der Waals surface area contributed by atoms with Crippen molar-refractivity contribution in [3.8, 4) is 0 Å². The molecule has 0 radical (unpaired) electrons. The average Bonchev–Trinajstić information content (AvgIpc) is 2.78. The molecule has 8 heteroatoms. The molecule has 0 atom stereocenters. The highest BCUT2D eigenvalue weighted by Gasteiger charge is 2.17. The van der Waals surface area contributed by atoms with Crippen LogP contribution in [0.1, 0.15) is 42.1 Å². The van der Waals surface area contributed by atoms with Gasteiger partial charge in [-0.05, 0) is 43.9 Å². The van der Waals surface area contributed by atoms with Crippen molar-refractivity contribution in [1.82, 2.24) is 20.4 Å². The highest BCUT2D eigenvalue weighted by atomic mass is 127. The molecule has 2 heterocycles. The van der Waals surface area contributed by atoms with Crippen LogP contribution in [0.3, 0.4) is 0 Å². The van der Waals surface area contributed by atoms with Gasteiger partial charge in [-0.2, -0.15) is 0 Å². The van der Waals surface area contributed by atoms with E-state index in [1.165, 1.54) is 6.42 Å². The Bertz CT molecular complexity index is 656. The molecule has 0 saturated carbocycles. The van der Waals surface area contributed by atoms with Crippen molar-refractivity contribution in [2.24, 2.45) is 4.99 Å². The Labute approximate surface area is 197 Å². The van der Waals surface area contributed by atoms with Crippen LogP contribution in [-0.2, 0) is 11.3 Å². The molecule has 1 amide bonds. The van der Waals surface area contributed by atoms with Gasteiger partial charge >= 0.3 is 0 Å². The van der Waals surface area contributed by atoms with Gasteiger partial charge in [-0.15, -0.1) is 24.0 Å². The van der Waals surface area contributed by atoms with Gasteiger partial charge in [-0.1, -0.05) is 12.1 Å². The van der Waals surface area contributed by atoms with Crippen molar-refractivity contribution in [3.63, 3.8) is 0 Å². The lowest BCUT2D eigenvalue weighted by Gasteiger charge is -2.26. The number of ether oxygens (including phenoxy) is 1. The fraction of sp³-hybridized carbons (Fsp3) is 0.636. The van der Waals surface area contributed by atoms with Crippen molar-refractivity contribution in [1.29, 1.82) is 0 Å². The maximum atomic E-state index is 12.6. The SMILES string of the molecule is CCNC(=NCc1ccc(C(=O)N2CCCCC2)cc1)NCCN1CCOCC1.I. The van der Waals surface area contributed by atoms with Gasteiger partial charge in [0.15, 0.2) is 5.96 Å². The summed E-state index contributed by atoms with van der Waals surface area (Å²) >= 11 is 0. The first kappa shape index (κ1) is 24.9. The molecule has 3 rings (SSSR count). The van der Waals surface area contributed by atoms with Gasteiger partial charge in [-0.25, -0.2) is 4.99 Å². The van der Waals surface area contributed by atoms with Crippen LogP contribution in [0.5, 0.6) is 0 Å². The Hall–Kier alpha value is -1.39. The Morgan fingerprint density at radius 2 is 1.73 bits per heavy atom. The van der Waals surface area contributed by atoms with Gasteiger partial charge in [0.25, 0.3) is 5.91 Å². The fourth-order valence-corrected chi connectivity index (χ4v) is 3.70. The number of nitrogens with one attached hydrogen (secondary N) is 2. The van der Waals surface area contributed by atoms with Crippen molar-refractivity contribution in [2.45, 2.75) is 32.7 Å². The predicted molar refractivity (Wildman–Crippen MR) is 132 cm³/mol. The first-order chi connectivity index (χ1) is 14.3. The molecule has 1 aromatic carbocycles. The number of morpholine rings is 1. The number of amides is 1. The Morgan fingerprint density at radius 1 is 1.03 bits per heavy atom. The van der Waals surface area contributed by atoms with E-state index in [-0.39, 0.29) is 29.9 Å². The van der Waals surface area contributed by atoms with E-state index in [2.05, 4.69) is 27.4 Å². The van der Waals surface area contributed by atoms with E-state index in [1.54, 1.807) is 0 Å². The summed E-state index contributed by atoms with van der Waals surface area (Å²) in [5, 5.41) is 6.70. The molecule has 0 unspecified atom stereocenters. The number of benzene rings is 1. The zero-order valence-electron chi connectivity index (χ0n) is 18.1. The molecule has 168 valence electrons. The van der Waals surface area contributed by atoms with Crippen LogP contribution in [0.15, 0.2) is 29.3 Å². The van der Waals surface area contributed by atoms with Gasteiger partial charge in [0, 0.05) is 51.4 Å². The van der Waals surface area contributed by atoms with Crippen LogP contribution in [0.2, 0.25) is 0 Å². The summed E-state index contributed by atoms with van der Waals surface area (Å²) in [5.74, 6) is 0.979. The van der Waals surface area contributed by atoms with Crippen molar-refractivity contribution in [3.05, 3.63) is 35.4 Å². The lowest BCUT2D eigenvalue weighted by molar-refractivity contribution is 0.0389. The zero-order chi connectivity index (χ0) is 20.3. The second-order valence-corrected chi connectivity index (χ2v) is 7.63. The van der Waals surface area contributed by atoms with E-state index in [1.807, 2.05) is 29.2 Å². The molecule has 0 bridgehead atoms. The topological polar surface area (TPSA) is 69.2 Å². The quantitative estimate of drug-likeness (QED) is 0.323. The molecule has 2 fully saturated rings. The lowest BCUT2D eigenvalue weighted by atomic mass is 10.1. The number of hydrogen-bond donors (Lipinski definition) is 2. The highest BCUT2D eigenvalue weighted by molar-refractivity contribution is 14.0. The largest absolute Gasteiger partial charge is 0.379 e. The molecule has 2 aliphatic heterocycles. The third kappa shape index (κ3) is 8.03. The normalized spacial score (nSPS) is 17.9. The van der Waals surface area contributed by atoms with Crippen LogP contribution < -0.4 is 10.6 Å².